The van der Waals surface area contributed by atoms with Gasteiger partial charge in [0.2, 0.25) is 11.9 Å². The second-order valence-corrected chi connectivity index (χ2v) is 8.04. The molecule has 0 spiro atoms. The Hall–Kier alpha value is -2.38. The van der Waals surface area contributed by atoms with Gasteiger partial charge in [-0.1, -0.05) is 0 Å². The lowest BCUT2D eigenvalue weighted by Gasteiger charge is -2.32. The molecular formula is C23H29ClFN3O3. The van der Waals surface area contributed by atoms with Crippen LogP contribution in [-0.2, 0) is 11.4 Å². The molecule has 1 aliphatic heterocycles. The summed E-state index contributed by atoms with van der Waals surface area (Å²) in [7, 11) is 1.65. The van der Waals surface area contributed by atoms with Crippen molar-refractivity contribution in [3.8, 4) is 11.5 Å². The fourth-order valence-electron chi connectivity index (χ4n) is 4.14. The Kier molecular flexibility index (Phi) is 7.73. The summed E-state index contributed by atoms with van der Waals surface area (Å²) in [6.45, 7) is 3.39. The van der Waals surface area contributed by atoms with Crippen molar-refractivity contribution in [2.45, 2.75) is 50.8 Å². The number of benzene rings is 1. The highest BCUT2D eigenvalue weighted by Gasteiger charge is 2.41. The van der Waals surface area contributed by atoms with Gasteiger partial charge in [0.15, 0.2) is 0 Å². The number of ether oxygens (including phenoxy) is 2. The van der Waals surface area contributed by atoms with E-state index in [2.05, 4.69) is 10.3 Å². The number of piperidine rings is 1. The van der Waals surface area contributed by atoms with Crippen LogP contribution in [0.2, 0.25) is 0 Å². The first-order valence-corrected chi connectivity index (χ1v) is 10.5. The molecule has 2 atom stereocenters. The smallest absolute Gasteiger partial charge is 0.219 e. The predicted octanol–water partition coefficient (Wildman–Crippen LogP) is 3.69. The molecule has 1 saturated heterocycles. The van der Waals surface area contributed by atoms with Crippen molar-refractivity contribution >= 4 is 18.3 Å². The first-order valence-electron chi connectivity index (χ1n) is 10.5. The van der Waals surface area contributed by atoms with Crippen molar-refractivity contribution in [1.29, 1.82) is 0 Å². The van der Waals surface area contributed by atoms with Crippen molar-refractivity contribution in [2.24, 2.45) is 0 Å². The number of nitrogens with one attached hydrogen (secondary N) is 1. The van der Waals surface area contributed by atoms with Crippen LogP contribution in [0.1, 0.15) is 43.2 Å². The van der Waals surface area contributed by atoms with E-state index in [0.29, 0.717) is 23.6 Å². The first kappa shape index (κ1) is 23.3. The van der Waals surface area contributed by atoms with E-state index in [1.54, 1.807) is 26.2 Å². The van der Waals surface area contributed by atoms with Gasteiger partial charge in [-0.2, -0.15) is 4.39 Å². The predicted molar refractivity (Wildman–Crippen MR) is 118 cm³/mol. The minimum absolute atomic E-state index is 0. The van der Waals surface area contributed by atoms with Gasteiger partial charge in [0, 0.05) is 55.3 Å². The average molecular weight is 450 g/mol. The minimum atomic E-state index is -0.504. The third kappa shape index (κ3) is 5.66. The molecule has 8 heteroatoms. The summed E-state index contributed by atoms with van der Waals surface area (Å²) in [6.07, 6.45) is 4.41. The van der Waals surface area contributed by atoms with Gasteiger partial charge in [-0.25, -0.2) is 4.98 Å². The van der Waals surface area contributed by atoms with E-state index in [9.17, 15) is 9.18 Å². The van der Waals surface area contributed by atoms with E-state index in [-0.39, 0.29) is 24.9 Å². The third-order valence-electron chi connectivity index (χ3n) is 6.02. The van der Waals surface area contributed by atoms with Crippen LogP contribution in [0.25, 0.3) is 0 Å². The second-order valence-electron chi connectivity index (χ2n) is 8.04. The van der Waals surface area contributed by atoms with Crippen LogP contribution >= 0.6 is 12.4 Å². The molecule has 1 aromatic carbocycles. The number of pyridine rings is 1. The zero-order valence-electron chi connectivity index (χ0n) is 17.8. The van der Waals surface area contributed by atoms with Crippen LogP contribution in [0.4, 0.5) is 4.39 Å². The number of carbonyl (C=O) groups excluding carboxylic acids is 1. The fraction of sp³-hybridized carbons (Fsp3) is 0.478. The standard InChI is InChI=1S/C23H28FN3O3.ClH/c1-15(28)27-10-7-17(8-11-27)26-21-13-19(21)20-12-18(29-2)5-6-22(20)30-14-16-4-3-9-25-23(16)24;/h3-6,9,12,17,19,21,26H,7-8,10-11,13-14H2,1-2H3;1H/t19-,21+;/m0./s1. The lowest BCUT2D eigenvalue weighted by atomic mass is 10.0. The molecule has 0 bridgehead atoms. The van der Waals surface area contributed by atoms with Gasteiger partial charge in [0.25, 0.3) is 0 Å². The van der Waals surface area contributed by atoms with Crippen molar-refractivity contribution in [3.05, 3.63) is 53.6 Å². The highest BCUT2D eigenvalue weighted by Crippen LogP contribution is 2.46. The second kappa shape index (κ2) is 10.3. The molecule has 6 nitrogen and oxygen atoms in total. The largest absolute Gasteiger partial charge is 0.497 e. The summed E-state index contributed by atoms with van der Waals surface area (Å²) >= 11 is 0. The van der Waals surface area contributed by atoms with Crippen LogP contribution in [0.3, 0.4) is 0 Å². The molecule has 31 heavy (non-hydrogen) atoms. The van der Waals surface area contributed by atoms with Crippen LogP contribution < -0.4 is 14.8 Å². The highest BCUT2D eigenvalue weighted by molar-refractivity contribution is 5.85. The molecule has 2 heterocycles. The van der Waals surface area contributed by atoms with Crippen molar-refractivity contribution in [2.75, 3.05) is 20.2 Å². The minimum Gasteiger partial charge on any atom is -0.497 e. The number of carbonyl (C=O) groups is 1. The molecule has 0 radical (unpaired) electrons. The Morgan fingerprint density at radius 2 is 2.06 bits per heavy atom. The molecule has 1 aromatic heterocycles. The summed E-state index contributed by atoms with van der Waals surface area (Å²) in [4.78, 5) is 17.1. The number of likely N-dealkylation sites (tertiary alicyclic amines) is 1. The number of rotatable bonds is 7. The molecule has 2 fully saturated rings. The van der Waals surface area contributed by atoms with Gasteiger partial charge in [0.1, 0.15) is 18.1 Å². The Morgan fingerprint density at radius 3 is 2.74 bits per heavy atom. The quantitative estimate of drug-likeness (QED) is 0.653. The molecule has 168 valence electrons. The van der Waals surface area contributed by atoms with Crippen molar-refractivity contribution < 1.29 is 18.7 Å². The number of aromatic nitrogens is 1. The van der Waals surface area contributed by atoms with Crippen LogP contribution in [-0.4, -0.2) is 48.1 Å². The van der Waals surface area contributed by atoms with Crippen molar-refractivity contribution in [3.63, 3.8) is 0 Å². The van der Waals surface area contributed by atoms with Crippen LogP contribution in [0.15, 0.2) is 36.5 Å². The zero-order valence-corrected chi connectivity index (χ0v) is 18.7. The summed E-state index contributed by atoms with van der Waals surface area (Å²) in [5.74, 6) is 1.51. The summed E-state index contributed by atoms with van der Waals surface area (Å²) in [5, 5.41) is 3.74. The SMILES string of the molecule is COc1ccc(OCc2cccnc2F)c([C@@H]2C[C@H]2NC2CCN(C(C)=O)CC2)c1.Cl. The van der Waals surface area contributed by atoms with Gasteiger partial charge in [-0.15, -0.1) is 12.4 Å². The maximum atomic E-state index is 13.8. The Labute approximate surface area is 188 Å². The summed E-state index contributed by atoms with van der Waals surface area (Å²) in [5.41, 5.74) is 1.51. The molecule has 0 unspecified atom stereocenters. The zero-order chi connectivity index (χ0) is 21.1. The Morgan fingerprint density at radius 1 is 1.29 bits per heavy atom. The molecule has 1 saturated carbocycles. The van der Waals surface area contributed by atoms with Crippen LogP contribution in [0.5, 0.6) is 11.5 Å². The van der Waals surface area contributed by atoms with Gasteiger partial charge in [-0.3, -0.25) is 4.79 Å². The molecular weight excluding hydrogens is 421 g/mol. The summed E-state index contributed by atoms with van der Waals surface area (Å²) < 4.78 is 25.2. The van der Waals surface area contributed by atoms with E-state index in [1.165, 1.54) is 6.20 Å². The fourth-order valence-corrected chi connectivity index (χ4v) is 4.14. The normalized spacial score (nSPS) is 20.7. The van der Waals surface area contributed by atoms with E-state index in [0.717, 1.165) is 49.4 Å². The van der Waals surface area contributed by atoms with E-state index >= 15 is 0 Å². The highest BCUT2D eigenvalue weighted by atomic mass is 35.5. The molecule has 4 rings (SSSR count). The maximum Gasteiger partial charge on any atom is 0.219 e. The van der Waals surface area contributed by atoms with Crippen molar-refractivity contribution in [1.82, 2.24) is 15.2 Å². The molecule has 1 N–H and O–H groups in total. The monoisotopic (exact) mass is 449 g/mol. The molecule has 1 aliphatic carbocycles. The average Bonchev–Trinajstić information content (AvgIpc) is 3.52. The number of hydrogen-bond donors (Lipinski definition) is 1. The number of hydrogen-bond acceptors (Lipinski definition) is 5. The Bertz CT molecular complexity index is 905. The molecule has 2 aromatic rings. The number of nitrogens with zero attached hydrogens (tertiary/aromatic N) is 2. The number of amides is 1. The number of methoxy groups -OCH3 is 1. The molecule has 1 amide bonds. The Balaban J connectivity index is 0.00000272. The van der Waals surface area contributed by atoms with Crippen LogP contribution in [0, 0.1) is 5.95 Å². The van der Waals surface area contributed by atoms with Gasteiger partial charge in [0.05, 0.1) is 7.11 Å². The van der Waals surface area contributed by atoms with E-state index in [4.69, 9.17) is 9.47 Å². The van der Waals surface area contributed by atoms with Gasteiger partial charge >= 0.3 is 0 Å². The lowest BCUT2D eigenvalue weighted by molar-refractivity contribution is -0.129. The van der Waals surface area contributed by atoms with Gasteiger partial charge < -0.3 is 19.7 Å². The lowest BCUT2D eigenvalue weighted by Crippen LogP contribution is -2.45. The third-order valence-corrected chi connectivity index (χ3v) is 6.02. The summed E-state index contributed by atoms with van der Waals surface area (Å²) in [6, 6.07) is 9.96. The van der Waals surface area contributed by atoms with E-state index in [1.807, 2.05) is 23.1 Å². The maximum absolute atomic E-state index is 13.8. The molecule has 2 aliphatic rings. The topological polar surface area (TPSA) is 63.7 Å². The number of halogens is 2. The first-order chi connectivity index (χ1) is 14.5. The van der Waals surface area contributed by atoms with E-state index < -0.39 is 5.95 Å². The van der Waals surface area contributed by atoms with Gasteiger partial charge in [-0.05, 0) is 49.6 Å².